The van der Waals surface area contributed by atoms with Gasteiger partial charge in [-0.25, -0.2) is 0 Å². The number of carboxylic acid groups (broad SMARTS) is 1. The number of aliphatic carboxylic acids is 1. The summed E-state index contributed by atoms with van der Waals surface area (Å²) in [5, 5.41) is 11.4. The zero-order valence-electron chi connectivity index (χ0n) is 9.86. The standard InChI is InChI=1S/C10H20N2O4/c1-3-12(6-4-10(14)15)9(13)8-11-5-7-16-2/h11H,3-8H2,1-2H3,(H,14,15). The Hall–Kier alpha value is -1.14. The maximum absolute atomic E-state index is 11.6. The fourth-order valence-electron chi connectivity index (χ4n) is 1.17. The Bertz CT molecular complexity index is 221. The van der Waals surface area contributed by atoms with Crippen LogP contribution in [0.5, 0.6) is 0 Å². The van der Waals surface area contributed by atoms with Crippen molar-refractivity contribution in [1.29, 1.82) is 0 Å². The summed E-state index contributed by atoms with van der Waals surface area (Å²) in [7, 11) is 1.59. The van der Waals surface area contributed by atoms with E-state index in [1.165, 1.54) is 4.90 Å². The topological polar surface area (TPSA) is 78.9 Å². The summed E-state index contributed by atoms with van der Waals surface area (Å²) >= 11 is 0. The number of nitrogens with zero attached hydrogens (tertiary/aromatic N) is 1. The average Bonchev–Trinajstić information content (AvgIpc) is 2.25. The van der Waals surface area contributed by atoms with Gasteiger partial charge in [-0.05, 0) is 6.92 Å². The number of carboxylic acids is 1. The highest BCUT2D eigenvalue weighted by molar-refractivity contribution is 5.78. The van der Waals surface area contributed by atoms with Gasteiger partial charge in [-0.15, -0.1) is 0 Å². The molecule has 0 fully saturated rings. The van der Waals surface area contributed by atoms with Gasteiger partial charge in [0.2, 0.25) is 5.91 Å². The number of rotatable bonds is 9. The SMILES string of the molecule is CCN(CCC(=O)O)C(=O)CNCCOC. The smallest absolute Gasteiger partial charge is 0.305 e. The molecule has 0 aromatic carbocycles. The van der Waals surface area contributed by atoms with Crippen molar-refractivity contribution in [2.45, 2.75) is 13.3 Å². The fraction of sp³-hybridized carbons (Fsp3) is 0.800. The average molecular weight is 232 g/mol. The zero-order valence-corrected chi connectivity index (χ0v) is 9.86. The molecule has 0 radical (unpaired) electrons. The van der Waals surface area contributed by atoms with Crippen molar-refractivity contribution in [2.24, 2.45) is 0 Å². The molecule has 0 aromatic heterocycles. The van der Waals surface area contributed by atoms with E-state index in [9.17, 15) is 9.59 Å². The van der Waals surface area contributed by atoms with Gasteiger partial charge < -0.3 is 20.1 Å². The van der Waals surface area contributed by atoms with Gasteiger partial charge in [0.15, 0.2) is 0 Å². The molecule has 0 heterocycles. The number of methoxy groups -OCH3 is 1. The minimum atomic E-state index is -0.890. The molecule has 94 valence electrons. The highest BCUT2D eigenvalue weighted by atomic mass is 16.5. The number of hydrogen-bond donors (Lipinski definition) is 2. The molecule has 0 saturated heterocycles. The van der Waals surface area contributed by atoms with E-state index in [0.29, 0.717) is 19.7 Å². The molecule has 0 aromatic rings. The van der Waals surface area contributed by atoms with Crippen LogP contribution in [0.15, 0.2) is 0 Å². The van der Waals surface area contributed by atoms with Crippen LogP contribution in [0, 0.1) is 0 Å². The van der Waals surface area contributed by atoms with Crippen molar-refractivity contribution in [3.05, 3.63) is 0 Å². The molecule has 2 N–H and O–H groups in total. The van der Waals surface area contributed by atoms with Gasteiger partial charge in [0.05, 0.1) is 19.6 Å². The molecule has 0 aliphatic rings. The lowest BCUT2D eigenvalue weighted by atomic mass is 10.3. The van der Waals surface area contributed by atoms with Gasteiger partial charge in [-0.3, -0.25) is 9.59 Å². The normalized spacial score (nSPS) is 10.1. The maximum Gasteiger partial charge on any atom is 0.305 e. The monoisotopic (exact) mass is 232 g/mol. The van der Waals surface area contributed by atoms with Crippen molar-refractivity contribution in [1.82, 2.24) is 10.2 Å². The van der Waals surface area contributed by atoms with Crippen molar-refractivity contribution >= 4 is 11.9 Å². The first kappa shape index (κ1) is 14.9. The first-order valence-corrected chi connectivity index (χ1v) is 5.31. The highest BCUT2D eigenvalue weighted by Gasteiger charge is 2.11. The maximum atomic E-state index is 11.6. The first-order chi connectivity index (χ1) is 7.61. The third-order valence-electron chi connectivity index (χ3n) is 2.09. The van der Waals surface area contributed by atoms with E-state index in [4.69, 9.17) is 9.84 Å². The Kier molecular flexibility index (Phi) is 8.46. The summed E-state index contributed by atoms with van der Waals surface area (Å²) in [6.45, 7) is 3.99. The first-order valence-electron chi connectivity index (χ1n) is 5.31. The molecular formula is C10H20N2O4. The number of ether oxygens (including phenoxy) is 1. The number of amides is 1. The third kappa shape index (κ3) is 7.19. The van der Waals surface area contributed by atoms with Gasteiger partial charge in [0, 0.05) is 26.7 Å². The lowest BCUT2D eigenvalue weighted by Crippen LogP contribution is -2.40. The third-order valence-corrected chi connectivity index (χ3v) is 2.09. The van der Waals surface area contributed by atoms with Crippen molar-refractivity contribution < 1.29 is 19.4 Å². The Balaban J connectivity index is 3.77. The van der Waals surface area contributed by atoms with Crippen LogP contribution in [0.2, 0.25) is 0 Å². The predicted octanol–water partition coefficient (Wildman–Crippen LogP) is -0.454. The Morgan fingerprint density at radius 3 is 2.62 bits per heavy atom. The second kappa shape index (κ2) is 9.11. The van der Waals surface area contributed by atoms with E-state index in [0.717, 1.165) is 0 Å². The summed E-state index contributed by atoms with van der Waals surface area (Å²) < 4.78 is 4.82. The lowest BCUT2D eigenvalue weighted by Gasteiger charge is -2.20. The quantitative estimate of drug-likeness (QED) is 0.526. The van der Waals surface area contributed by atoms with Crippen LogP contribution in [0.25, 0.3) is 0 Å². The molecule has 0 atom stereocenters. The summed E-state index contributed by atoms with van der Waals surface area (Å²) in [4.78, 5) is 23.5. The lowest BCUT2D eigenvalue weighted by molar-refractivity contribution is -0.138. The second-order valence-electron chi connectivity index (χ2n) is 3.29. The van der Waals surface area contributed by atoms with Crippen LogP contribution in [0.1, 0.15) is 13.3 Å². The van der Waals surface area contributed by atoms with Gasteiger partial charge in [0.25, 0.3) is 0 Å². The van der Waals surface area contributed by atoms with Crippen molar-refractivity contribution in [3.63, 3.8) is 0 Å². The number of hydrogen-bond acceptors (Lipinski definition) is 4. The van der Waals surface area contributed by atoms with Crippen molar-refractivity contribution in [3.8, 4) is 0 Å². The number of nitrogens with one attached hydrogen (secondary N) is 1. The van der Waals surface area contributed by atoms with Crippen LogP contribution in [0.4, 0.5) is 0 Å². The molecular weight excluding hydrogens is 212 g/mol. The molecule has 1 amide bonds. The highest BCUT2D eigenvalue weighted by Crippen LogP contribution is 1.92. The summed E-state index contributed by atoms with van der Waals surface area (Å²) in [5.74, 6) is -0.974. The summed E-state index contributed by atoms with van der Waals surface area (Å²) in [6, 6.07) is 0. The van der Waals surface area contributed by atoms with Gasteiger partial charge in [-0.1, -0.05) is 0 Å². The van der Waals surface area contributed by atoms with E-state index >= 15 is 0 Å². The number of carbonyl (C=O) groups is 2. The molecule has 6 nitrogen and oxygen atoms in total. The molecule has 0 aliphatic carbocycles. The van der Waals surface area contributed by atoms with E-state index < -0.39 is 5.97 Å². The van der Waals surface area contributed by atoms with Gasteiger partial charge in [-0.2, -0.15) is 0 Å². The van der Waals surface area contributed by atoms with Crippen molar-refractivity contribution in [2.75, 3.05) is 39.9 Å². The molecule has 0 saturated carbocycles. The van der Waals surface area contributed by atoms with Crippen LogP contribution in [-0.4, -0.2) is 61.8 Å². The molecule has 0 aliphatic heterocycles. The second-order valence-corrected chi connectivity index (χ2v) is 3.29. The molecule has 16 heavy (non-hydrogen) atoms. The van der Waals surface area contributed by atoms with Crippen LogP contribution >= 0.6 is 0 Å². The van der Waals surface area contributed by atoms with Crippen LogP contribution < -0.4 is 5.32 Å². The minimum Gasteiger partial charge on any atom is -0.481 e. The number of likely N-dealkylation sites (N-methyl/N-ethyl adjacent to an activating group) is 1. The zero-order chi connectivity index (χ0) is 12.4. The molecule has 6 heteroatoms. The molecule has 0 rings (SSSR count). The molecule has 0 spiro atoms. The van der Waals surface area contributed by atoms with E-state index in [-0.39, 0.29) is 25.4 Å². The molecule has 0 bridgehead atoms. The number of carbonyl (C=O) groups excluding carboxylic acids is 1. The Morgan fingerprint density at radius 1 is 1.44 bits per heavy atom. The fourth-order valence-corrected chi connectivity index (χ4v) is 1.17. The van der Waals surface area contributed by atoms with E-state index in [1.54, 1.807) is 7.11 Å². The summed E-state index contributed by atoms with van der Waals surface area (Å²) in [5.41, 5.74) is 0. The Labute approximate surface area is 95.6 Å². The van der Waals surface area contributed by atoms with E-state index in [2.05, 4.69) is 5.32 Å². The van der Waals surface area contributed by atoms with Gasteiger partial charge in [0.1, 0.15) is 0 Å². The molecule has 0 unspecified atom stereocenters. The van der Waals surface area contributed by atoms with Crippen LogP contribution in [0.3, 0.4) is 0 Å². The summed E-state index contributed by atoms with van der Waals surface area (Å²) in [6.07, 6.45) is -0.0162. The van der Waals surface area contributed by atoms with Crippen LogP contribution in [-0.2, 0) is 14.3 Å². The largest absolute Gasteiger partial charge is 0.481 e. The van der Waals surface area contributed by atoms with E-state index in [1.807, 2.05) is 6.92 Å². The minimum absolute atomic E-state index is 0.0162. The van der Waals surface area contributed by atoms with Gasteiger partial charge >= 0.3 is 5.97 Å². The Morgan fingerprint density at radius 2 is 2.12 bits per heavy atom. The predicted molar refractivity (Wildman–Crippen MR) is 59.3 cm³/mol.